The van der Waals surface area contributed by atoms with Crippen molar-refractivity contribution in [1.29, 1.82) is 0 Å². The van der Waals surface area contributed by atoms with Crippen LogP contribution in [0.1, 0.15) is 39.7 Å². The summed E-state index contributed by atoms with van der Waals surface area (Å²) in [5.74, 6) is -1.39. The highest BCUT2D eigenvalue weighted by molar-refractivity contribution is 8.08. The molecular weight excluding hydrogens is 351 g/mol. The number of benzene rings is 2. The van der Waals surface area contributed by atoms with Gasteiger partial charge in [0.05, 0.1) is 5.56 Å². The number of rotatable bonds is 4. The molecule has 1 atom stereocenters. The number of aromatic hydroxyl groups is 1. The van der Waals surface area contributed by atoms with Crippen LogP contribution in [0.3, 0.4) is 0 Å². The number of thioether (sulfide) groups is 1. The zero-order chi connectivity index (χ0) is 18.1. The molecule has 4 rings (SSSR count). The highest BCUT2D eigenvalue weighted by Gasteiger charge is 2.22. The Balaban J connectivity index is 1.49. The number of carbonyl (C=O) groups is 1. The summed E-state index contributed by atoms with van der Waals surface area (Å²) in [5.41, 5.74) is 2.92. The van der Waals surface area contributed by atoms with Gasteiger partial charge in [0.25, 0.3) is 0 Å². The summed E-state index contributed by atoms with van der Waals surface area (Å²) in [5, 5.41) is 12.9. The van der Waals surface area contributed by atoms with Crippen LogP contribution in [0.25, 0.3) is 4.91 Å². The fourth-order valence-electron chi connectivity index (χ4n) is 3.35. The third-order valence-corrected chi connectivity index (χ3v) is 6.03. The van der Waals surface area contributed by atoms with E-state index in [0.717, 1.165) is 23.6 Å². The van der Waals surface area contributed by atoms with E-state index in [-0.39, 0.29) is 10.9 Å². The van der Waals surface area contributed by atoms with E-state index in [2.05, 4.69) is 34.5 Å². The average molecular weight is 370 g/mol. The van der Waals surface area contributed by atoms with Crippen molar-refractivity contribution in [3.05, 3.63) is 65.1 Å². The average Bonchev–Trinajstić information content (AvgIpc) is 3.36. The van der Waals surface area contributed by atoms with Gasteiger partial charge in [0.15, 0.2) is 17.9 Å². The second-order valence-electron chi connectivity index (χ2n) is 6.47. The molecule has 0 radical (unpaired) electrons. The topological polar surface area (TPSA) is 52.6 Å². The Morgan fingerprint density at radius 1 is 1.19 bits per heavy atom. The van der Waals surface area contributed by atoms with Crippen LogP contribution < -0.4 is 10.2 Å². The van der Waals surface area contributed by atoms with Gasteiger partial charge in [0.2, 0.25) is 0 Å². The van der Waals surface area contributed by atoms with E-state index in [0.29, 0.717) is 11.8 Å². The van der Waals surface area contributed by atoms with Crippen LogP contribution in [0.5, 0.6) is 5.75 Å². The summed E-state index contributed by atoms with van der Waals surface area (Å²) in [6.45, 7) is 2.24. The molecule has 4 nitrogen and oxygen atoms in total. The van der Waals surface area contributed by atoms with E-state index in [1.165, 1.54) is 30.7 Å². The van der Waals surface area contributed by atoms with Gasteiger partial charge in [-0.05, 0) is 48.2 Å². The van der Waals surface area contributed by atoms with Crippen LogP contribution in [0.15, 0.2) is 42.6 Å². The SMILES string of the molecule is O=Cc1cc(C2=CNC(c3ccc(N4CCCC4)cc3)S2)cc(F)c1O. The first kappa shape index (κ1) is 17.0. The van der Waals surface area contributed by atoms with E-state index in [1.807, 2.05) is 6.20 Å². The van der Waals surface area contributed by atoms with Crippen molar-refractivity contribution in [2.75, 3.05) is 18.0 Å². The van der Waals surface area contributed by atoms with Crippen molar-refractivity contribution >= 4 is 28.6 Å². The van der Waals surface area contributed by atoms with Gasteiger partial charge in [-0.3, -0.25) is 4.79 Å². The quantitative estimate of drug-likeness (QED) is 0.787. The van der Waals surface area contributed by atoms with Crippen LogP contribution >= 0.6 is 11.8 Å². The molecule has 2 N–H and O–H groups in total. The molecule has 0 saturated carbocycles. The summed E-state index contributed by atoms with van der Waals surface area (Å²) in [4.78, 5) is 14.2. The predicted molar refractivity (Wildman–Crippen MR) is 103 cm³/mol. The van der Waals surface area contributed by atoms with Gasteiger partial charge in [0, 0.05) is 29.9 Å². The molecule has 134 valence electrons. The van der Waals surface area contributed by atoms with Crippen molar-refractivity contribution < 1.29 is 14.3 Å². The summed E-state index contributed by atoms with van der Waals surface area (Å²) < 4.78 is 13.8. The van der Waals surface area contributed by atoms with E-state index >= 15 is 0 Å². The Morgan fingerprint density at radius 2 is 1.92 bits per heavy atom. The Kier molecular flexibility index (Phi) is 4.59. The van der Waals surface area contributed by atoms with E-state index in [9.17, 15) is 14.3 Å². The molecule has 0 aromatic heterocycles. The predicted octanol–water partition coefficient (Wildman–Crippen LogP) is 4.28. The van der Waals surface area contributed by atoms with Gasteiger partial charge >= 0.3 is 0 Å². The standard InChI is InChI=1S/C20H19FN2O2S/c21-17-10-14(9-15(12-24)19(17)25)18-11-22-20(26-18)13-3-5-16(6-4-13)23-7-1-2-8-23/h3-6,9-12,20,22,25H,1-2,7-8H2. The number of phenolic OH excluding ortho intramolecular Hbond substituents is 1. The lowest BCUT2D eigenvalue weighted by atomic mass is 10.1. The summed E-state index contributed by atoms with van der Waals surface area (Å²) >= 11 is 1.56. The molecule has 0 spiro atoms. The third kappa shape index (κ3) is 3.17. The fourth-order valence-corrected chi connectivity index (χ4v) is 4.42. The van der Waals surface area contributed by atoms with Gasteiger partial charge < -0.3 is 15.3 Å². The summed E-state index contributed by atoms with van der Waals surface area (Å²) in [7, 11) is 0. The van der Waals surface area contributed by atoms with E-state index in [4.69, 9.17) is 0 Å². The third-order valence-electron chi connectivity index (χ3n) is 4.78. The van der Waals surface area contributed by atoms with Crippen LogP contribution in [0, 0.1) is 5.82 Å². The molecule has 2 aliphatic heterocycles. The maximum absolute atomic E-state index is 13.8. The number of hydrogen-bond acceptors (Lipinski definition) is 5. The molecule has 0 bridgehead atoms. The van der Waals surface area contributed by atoms with Crippen molar-refractivity contribution in [3.8, 4) is 5.75 Å². The van der Waals surface area contributed by atoms with Crippen molar-refractivity contribution in [3.63, 3.8) is 0 Å². The number of halogens is 1. The number of aldehydes is 1. The lowest BCUT2D eigenvalue weighted by Crippen LogP contribution is -2.17. The Labute approximate surface area is 155 Å². The summed E-state index contributed by atoms with van der Waals surface area (Å²) in [6.07, 6.45) is 4.79. The maximum Gasteiger partial charge on any atom is 0.166 e. The molecule has 2 aromatic carbocycles. The van der Waals surface area contributed by atoms with Crippen molar-refractivity contribution in [1.82, 2.24) is 5.32 Å². The van der Waals surface area contributed by atoms with Crippen LogP contribution in [0.4, 0.5) is 10.1 Å². The normalized spacial score (nSPS) is 19.3. The van der Waals surface area contributed by atoms with Gasteiger partial charge in [-0.15, -0.1) is 0 Å². The largest absolute Gasteiger partial charge is 0.504 e. The lowest BCUT2D eigenvalue weighted by molar-refractivity contribution is 0.112. The molecule has 1 saturated heterocycles. The zero-order valence-corrected chi connectivity index (χ0v) is 14.9. The summed E-state index contributed by atoms with van der Waals surface area (Å²) in [6, 6.07) is 11.3. The van der Waals surface area contributed by atoms with Crippen LogP contribution in [-0.2, 0) is 0 Å². The molecule has 1 unspecified atom stereocenters. The second-order valence-corrected chi connectivity index (χ2v) is 7.62. The van der Waals surface area contributed by atoms with Crippen molar-refractivity contribution in [2.24, 2.45) is 0 Å². The molecule has 0 aliphatic carbocycles. The molecule has 0 amide bonds. The minimum absolute atomic E-state index is 0.0363. The molecule has 6 heteroatoms. The molecule has 2 heterocycles. The van der Waals surface area contributed by atoms with Crippen molar-refractivity contribution in [2.45, 2.75) is 18.2 Å². The van der Waals surface area contributed by atoms with Crippen LogP contribution in [-0.4, -0.2) is 24.5 Å². The zero-order valence-electron chi connectivity index (χ0n) is 14.1. The van der Waals surface area contributed by atoms with Gasteiger partial charge in [-0.1, -0.05) is 23.9 Å². The highest BCUT2D eigenvalue weighted by atomic mass is 32.2. The first-order chi connectivity index (χ1) is 12.7. The molecule has 26 heavy (non-hydrogen) atoms. The second kappa shape index (κ2) is 7.03. The lowest BCUT2D eigenvalue weighted by Gasteiger charge is -2.19. The Bertz CT molecular complexity index is 861. The number of carbonyl (C=O) groups excluding carboxylic acids is 1. The smallest absolute Gasteiger partial charge is 0.166 e. The minimum atomic E-state index is -0.787. The fraction of sp³-hybridized carbons (Fsp3) is 0.250. The molecule has 2 aromatic rings. The van der Waals surface area contributed by atoms with Gasteiger partial charge in [-0.25, -0.2) is 4.39 Å². The molecular formula is C20H19FN2O2S. The molecule has 2 aliphatic rings. The van der Waals surface area contributed by atoms with Gasteiger partial charge in [-0.2, -0.15) is 0 Å². The number of anilines is 1. The number of phenols is 1. The van der Waals surface area contributed by atoms with E-state index in [1.54, 1.807) is 11.8 Å². The minimum Gasteiger partial charge on any atom is -0.504 e. The van der Waals surface area contributed by atoms with Crippen LogP contribution in [0.2, 0.25) is 0 Å². The maximum atomic E-state index is 13.8. The Morgan fingerprint density at radius 3 is 2.62 bits per heavy atom. The Hall–Kier alpha value is -2.47. The first-order valence-electron chi connectivity index (χ1n) is 8.61. The highest BCUT2D eigenvalue weighted by Crippen LogP contribution is 2.43. The monoisotopic (exact) mass is 370 g/mol. The molecule has 1 fully saturated rings. The number of nitrogens with one attached hydrogen (secondary N) is 1. The van der Waals surface area contributed by atoms with E-state index < -0.39 is 11.6 Å². The number of nitrogens with zero attached hydrogens (tertiary/aromatic N) is 1. The number of hydrogen-bond donors (Lipinski definition) is 2. The van der Waals surface area contributed by atoms with Gasteiger partial charge in [0.1, 0.15) is 5.37 Å². The first-order valence-corrected chi connectivity index (χ1v) is 9.49.